The van der Waals surface area contributed by atoms with Gasteiger partial charge in [-0.15, -0.1) is 0 Å². The van der Waals surface area contributed by atoms with E-state index < -0.39 is 12.6 Å². The van der Waals surface area contributed by atoms with E-state index in [1.54, 1.807) is 30.3 Å². The van der Waals surface area contributed by atoms with E-state index in [2.05, 4.69) is 4.98 Å². The predicted molar refractivity (Wildman–Crippen MR) is 122 cm³/mol. The van der Waals surface area contributed by atoms with Gasteiger partial charge in [-0.05, 0) is 55.2 Å². The lowest BCUT2D eigenvalue weighted by molar-refractivity contribution is -0.0155. The number of aromatic nitrogens is 1. The number of hydrogen-bond donors (Lipinski definition) is 2. The molecule has 1 aromatic heterocycles. The number of benzene rings is 2. The number of likely N-dealkylation sites (tertiary alicyclic amines) is 1. The maximum atomic E-state index is 13.9. The Hall–Kier alpha value is -3.39. The minimum Gasteiger partial charge on any atom is -0.496 e. The number of halogens is 1. The molecule has 0 aliphatic carbocycles. The summed E-state index contributed by atoms with van der Waals surface area (Å²) in [7, 11) is 1.54. The van der Waals surface area contributed by atoms with Crippen molar-refractivity contribution in [2.75, 3.05) is 26.9 Å². The summed E-state index contributed by atoms with van der Waals surface area (Å²) >= 11 is 0. The Morgan fingerprint density at radius 1 is 1.24 bits per heavy atom. The van der Waals surface area contributed by atoms with Crippen LogP contribution in [0.4, 0.5) is 4.39 Å². The van der Waals surface area contributed by atoms with Crippen LogP contribution in [0.3, 0.4) is 0 Å². The van der Waals surface area contributed by atoms with E-state index in [1.807, 2.05) is 19.1 Å². The van der Waals surface area contributed by atoms with Gasteiger partial charge in [0.05, 0.1) is 37.0 Å². The Bertz CT molecular complexity index is 1160. The van der Waals surface area contributed by atoms with E-state index in [-0.39, 0.29) is 30.2 Å². The molecule has 2 atom stereocenters. The Morgan fingerprint density at radius 3 is 2.67 bits per heavy atom. The molecule has 7 nitrogen and oxygen atoms in total. The molecule has 33 heavy (non-hydrogen) atoms. The van der Waals surface area contributed by atoms with Crippen molar-refractivity contribution in [2.24, 2.45) is 0 Å². The van der Waals surface area contributed by atoms with Crippen molar-refractivity contribution in [2.45, 2.75) is 31.9 Å². The lowest BCUT2D eigenvalue weighted by atomic mass is 9.91. The standard InChI is InChI=1S/C25H27FN2O5/c1-15-13-21(32-2)22(19-7-10-27-23(15)19)24(29)28-11-8-18(33-12-9-26)14-20(28)16-3-5-17(6-4-16)25(30)31/h3-7,10,13,18,20,27H,8-9,11-12,14H2,1-2H3,(H,30,31)/t18-,20-/m0/s1. The highest BCUT2D eigenvalue weighted by Gasteiger charge is 2.35. The minimum atomic E-state index is -1.01. The minimum absolute atomic E-state index is 0.0129. The number of aromatic carboxylic acids is 1. The van der Waals surface area contributed by atoms with Crippen LogP contribution in [0.1, 0.15) is 50.7 Å². The summed E-state index contributed by atoms with van der Waals surface area (Å²) in [5.74, 6) is -0.686. The smallest absolute Gasteiger partial charge is 0.335 e. The molecule has 0 bridgehead atoms. The van der Waals surface area contributed by atoms with Gasteiger partial charge in [0, 0.05) is 23.6 Å². The van der Waals surface area contributed by atoms with Crippen LogP contribution in [0.5, 0.6) is 5.75 Å². The molecule has 3 aromatic rings. The first-order valence-electron chi connectivity index (χ1n) is 10.9. The second-order valence-corrected chi connectivity index (χ2v) is 8.18. The molecule has 1 aliphatic heterocycles. The van der Waals surface area contributed by atoms with Crippen molar-refractivity contribution < 1.29 is 28.6 Å². The zero-order chi connectivity index (χ0) is 23.5. The summed E-state index contributed by atoms with van der Waals surface area (Å²) in [6.07, 6.45) is 2.68. The summed E-state index contributed by atoms with van der Waals surface area (Å²) in [5.41, 5.74) is 3.31. The van der Waals surface area contributed by atoms with Crippen LogP contribution >= 0.6 is 0 Å². The number of alkyl halides is 1. The van der Waals surface area contributed by atoms with Crippen LogP contribution in [-0.2, 0) is 4.74 Å². The van der Waals surface area contributed by atoms with Gasteiger partial charge in [-0.1, -0.05) is 12.1 Å². The first-order valence-corrected chi connectivity index (χ1v) is 10.9. The number of aryl methyl sites for hydroxylation is 1. The van der Waals surface area contributed by atoms with Crippen LogP contribution < -0.4 is 4.74 Å². The van der Waals surface area contributed by atoms with Gasteiger partial charge in [-0.25, -0.2) is 9.18 Å². The molecular weight excluding hydrogens is 427 g/mol. The van der Waals surface area contributed by atoms with E-state index in [4.69, 9.17) is 9.47 Å². The maximum absolute atomic E-state index is 13.9. The number of methoxy groups -OCH3 is 1. The van der Waals surface area contributed by atoms with Crippen LogP contribution in [0.2, 0.25) is 0 Å². The molecule has 2 N–H and O–H groups in total. The molecule has 8 heteroatoms. The molecule has 0 unspecified atom stereocenters. The molecule has 2 aromatic carbocycles. The van der Waals surface area contributed by atoms with Crippen LogP contribution in [0.25, 0.3) is 10.9 Å². The molecule has 0 radical (unpaired) electrons. The van der Waals surface area contributed by atoms with E-state index in [0.29, 0.717) is 30.7 Å². The van der Waals surface area contributed by atoms with Gasteiger partial charge in [-0.2, -0.15) is 0 Å². The van der Waals surface area contributed by atoms with Gasteiger partial charge in [0.15, 0.2) is 0 Å². The highest BCUT2D eigenvalue weighted by molar-refractivity contribution is 6.09. The maximum Gasteiger partial charge on any atom is 0.335 e. The Labute approximate surface area is 191 Å². The first kappa shape index (κ1) is 22.8. The van der Waals surface area contributed by atoms with Gasteiger partial charge < -0.3 is 24.5 Å². The number of hydrogen-bond acceptors (Lipinski definition) is 4. The number of piperidine rings is 1. The van der Waals surface area contributed by atoms with Gasteiger partial charge in [0.1, 0.15) is 12.4 Å². The van der Waals surface area contributed by atoms with Crippen molar-refractivity contribution in [3.05, 3.63) is 64.8 Å². The number of fused-ring (bicyclic) bond motifs is 1. The number of rotatable bonds is 7. The number of nitrogens with one attached hydrogen (secondary N) is 1. The zero-order valence-corrected chi connectivity index (χ0v) is 18.6. The van der Waals surface area contributed by atoms with Crippen molar-refractivity contribution in [3.8, 4) is 5.75 Å². The van der Waals surface area contributed by atoms with Crippen molar-refractivity contribution in [1.29, 1.82) is 0 Å². The zero-order valence-electron chi connectivity index (χ0n) is 18.6. The molecular formula is C25H27FN2O5. The lowest BCUT2D eigenvalue weighted by Gasteiger charge is -2.40. The lowest BCUT2D eigenvalue weighted by Crippen LogP contribution is -2.43. The third-order valence-corrected chi connectivity index (χ3v) is 6.23. The number of aromatic amines is 1. The van der Waals surface area contributed by atoms with Crippen LogP contribution in [0.15, 0.2) is 42.6 Å². The number of amides is 1. The molecule has 1 amide bonds. The second-order valence-electron chi connectivity index (χ2n) is 8.18. The van der Waals surface area contributed by atoms with Gasteiger partial charge >= 0.3 is 5.97 Å². The largest absolute Gasteiger partial charge is 0.496 e. The topological polar surface area (TPSA) is 91.9 Å². The Kier molecular flexibility index (Phi) is 6.65. The first-order chi connectivity index (χ1) is 15.9. The SMILES string of the molecule is COc1cc(C)c2[nH]ccc2c1C(=O)N1CC[C@H](OCCF)C[C@H]1c1ccc(C(=O)O)cc1. The fourth-order valence-corrected chi connectivity index (χ4v) is 4.61. The average Bonchev–Trinajstić information content (AvgIpc) is 3.32. The highest BCUT2D eigenvalue weighted by atomic mass is 19.1. The van der Waals surface area contributed by atoms with Crippen molar-refractivity contribution in [3.63, 3.8) is 0 Å². The van der Waals surface area contributed by atoms with Crippen LogP contribution in [0, 0.1) is 6.92 Å². The molecule has 0 saturated carbocycles. The Morgan fingerprint density at radius 2 is 2.00 bits per heavy atom. The molecule has 0 spiro atoms. The molecule has 1 fully saturated rings. The van der Waals surface area contributed by atoms with Crippen LogP contribution in [-0.4, -0.2) is 59.9 Å². The predicted octanol–water partition coefficient (Wildman–Crippen LogP) is 4.52. The van der Waals surface area contributed by atoms with Crippen molar-refractivity contribution >= 4 is 22.8 Å². The molecule has 2 heterocycles. The fraction of sp³-hybridized carbons (Fsp3) is 0.360. The number of ether oxygens (including phenoxy) is 2. The number of nitrogens with zero attached hydrogens (tertiary/aromatic N) is 1. The van der Waals surface area contributed by atoms with E-state index >= 15 is 0 Å². The highest BCUT2D eigenvalue weighted by Crippen LogP contribution is 2.38. The Balaban J connectivity index is 1.73. The normalized spacial score (nSPS) is 18.5. The quantitative estimate of drug-likeness (QED) is 0.548. The number of carboxylic acid groups (broad SMARTS) is 1. The number of H-pyrrole nitrogens is 1. The van der Waals surface area contributed by atoms with Gasteiger partial charge in [0.25, 0.3) is 5.91 Å². The molecule has 174 valence electrons. The van der Waals surface area contributed by atoms with E-state index in [9.17, 15) is 19.1 Å². The van der Waals surface area contributed by atoms with Crippen molar-refractivity contribution in [1.82, 2.24) is 9.88 Å². The second kappa shape index (κ2) is 9.62. The number of carboxylic acids is 1. The van der Waals surface area contributed by atoms with E-state index in [0.717, 1.165) is 22.0 Å². The third-order valence-electron chi connectivity index (χ3n) is 6.23. The van der Waals surface area contributed by atoms with E-state index in [1.165, 1.54) is 12.1 Å². The summed E-state index contributed by atoms with van der Waals surface area (Å²) in [5, 5.41) is 10.0. The molecule has 1 aliphatic rings. The summed E-state index contributed by atoms with van der Waals surface area (Å²) in [6.45, 7) is 1.82. The molecule has 1 saturated heterocycles. The van der Waals surface area contributed by atoms with Gasteiger partial charge in [0.2, 0.25) is 0 Å². The summed E-state index contributed by atoms with van der Waals surface area (Å²) < 4.78 is 23.9. The summed E-state index contributed by atoms with van der Waals surface area (Å²) in [4.78, 5) is 30.2. The number of carbonyl (C=O) groups is 2. The summed E-state index contributed by atoms with van der Waals surface area (Å²) in [6, 6.07) is 9.88. The van der Waals surface area contributed by atoms with Gasteiger partial charge in [-0.3, -0.25) is 4.79 Å². The number of carbonyl (C=O) groups excluding carboxylic acids is 1. The monoisotopic (exact) mass is 454 g/mol. The third kappa shape index (κ3) is 4.43. The fourth-order valence-electron chi connectivity index (χ4n) is 4.61. The average molecular weight is 454 g/mol. The molecule has 4 rings (SSSR count).